The van der Waals surface area contributed by atoms with Crippen LogP contribution in [0.15, 0.2) is 12.3 Å². The van der Waals surface area contributed by atoms with Crippen molar-refractivity contribution in [2.45, 2.75) is 239 Å². The van der Waals surface area contributed by atoms with E-state index in [0.717, 1.165) is 19.3 Å². The third-order valence-corrected chi connectivity index (χ3v) is 9.00. The highest BCUT2D eigenvalue weighted by Crippen LogP contribution is 2.16. The lowest BCUT2D eigenvalue weighted by Gasteiger charge is -2.04. The van der Waals surface area contributed by atoms with Gasteiger partial charge in [-0.25, -0.2) is 0 Å². The van der Waals surface area contributed by atoms with E-state index < -0.39 is 0 Å². The molecule has 0 aliphatic rings. The molecule has 0 aromatic rings. The SMILES string of the molecule is CCCCCCCCCCCCCCCCCCCCC=COC(=O)CCCCCCCCCCCCCCCCC. The first-order chi connectivity index (χ1) is 20.8. The molecule has 0 aromatic carbocycles. The first-order valence-corrected chi connectivity index (χ1v) is 19.7. The molecule has 0 aliphatic heterocycles. The Balaban J connectivity index is 3.20. The van der Waals surface area contributed by atoms with E-state index in [9.17, 15) is 4.79 Å². The van der Waals surface area contributed by atoms with Crippen molar-refractivity contribution in [3.05, 3.63) is 12.3 Å². The summed E-state index contributed by atoms with van der Waals surface area (Å²) in [7, 11) is 0. The summed E-state index contributed by atoms with van der Waals surface area (Å²) in [6.07, 6.45) is 51.0. The largest absolute Gasteiger partial charge is 0.435 e. The average Bonchev–Trinajstić information content (AvgIpc) is 3.00. The Hall–Kier alpha value is -0.790. The van der Waals surface area contributed by atoms with Crippen LogP contribution < -0.4 is 0 Å². The maximum Gasteiger partial charge on any atom is 0.310 e. The number of hydrogen-bond donors (Lipinski definition) is 0. The third-order valence-electron chi connectivity index (χ3n) is 9.00. The summed E-state index contributed by atoms with van der Waals surface area (Å²) in [5.41, 5.74) is 0. The predicted molar refractivity (Wildman–Crippen MR) is 188 cm³/mol. The average molecular weight is 591 g/mol. The van der Waals surface area contributed by atoms with Gasteiger partial charge in [-0.1, -0.05) is 213 Å². The van der Waals surface area contributed by atoms with Crippen molar-refractivity contribution in [2.24, 2.45) is 0 Å². The van der Waals surface area contributed by atoms with Crippen LogP contribution in [0.3, 0.4) is 0 Å². The van der Waals surface area contributed by atoms with Crippen LogP contribution in [0, 0.1) is 0 Å². The maximum absolute atomic E-state index is 11.9. The van der Waals surface area contributed by atoms with E-state index in [0.29, 0.717) is 6.42 Å². The Morgan fingerprint density at radius 1 is 0.381 bits per heavy atom. The zero-order valence-corrected chi connectivity index (χ0v) is 29.2. The quantitative estimate of drug-likeness (QED) is 0.0412. The number of hydrogen-bond acceptors (Lipinski definition) is 2. The molecule has 0 unspecified atom stereocenters. The molecule has 0 bridgehead atoms. The molecule has 42 heavy (non-hydrogen) atoms. The molecule has 250 valence electrons. The summed E-state index contributed by atoms with van der Waals surface area (Å²) in [5.74, 6) is -0.0567. The Morgan fingerprint density at radius 2 is 0.643 bits per heavy atom. The number of carbonyl (C=O) groups excluding carboxylic acids is 1. The molecular weight excluding hydrogens is 512 g/mol. The van der Waals surface area contributed by atoms with Gasteiger partial charge >= 0.3 is 5.97 Å². The minimum absolute atomic E-state index is 0.0567. The van der Waals surface area contributed by atoms with E-state index in [-0.39, 0.29) is 5.97 Å². The molecule has 0 amide bonds. The Kier molecular flexibility index (Phi) is 37.5. The van der Waals surface area contributed by atoms with Crippen LogP contribution in [0.4, 0.5) is 0 Å². The lowest BCUT2D eigenvalue weighted by Crippen LogP contribution is -1.98. The van der Waals surface area contributed by atoms with Gasteiger partial charge in [-0.3, -0.25) is 4.79 Å². The van der Waals surface area contributed by atoms with Crippen LogP contribution >= 0.6 is 0 Å². The Morgan fingerprint density at radius 3 is 0.952 bits per heavy atom. The van der Waals surface area contributed by atoms with E-state index in [2.05, 4.69) is 13.8 Å². The summed E-state index contributed by atoms with van der Waals surface area (Å²) in [4.78, 5) is 11.9. The minimum atomic E-state index is -0.0567. The standard InChI is InChI=1S/C40H78O2/c1-3-5-7-9-11-13-15-17-19-20-21-22-23-25-27-29-31-33-35-37-39-42-40(41)38-36-34-32-30-28-26-24-18-16-14-12-10-8-6-4-2/h37,39H,3-36,38H2,1-2H3. The molecule has 0 spiro atoms. The fourth-order valence-electron chi connectivity index (χ4n) is 6.06. The molecule has 2 heteroatoms. The van der Waals surface area contributed by atoms with E-state index in [1.54, 1.807) is 6.26 Å². The van der Waals surface area contributed by atoms with Crippen molar-refractivity contribution in [1.82, 2.24) is 0 Å². The van der Waals surface area contributed by atoms with Gasteiger partial charge in [0, 0.05) is 6.42 Å². The van der Waals surface area contributed by atoms with Gasteiger partial charge in [-0.15, -0.1) is 0 Å². The highest BCUT2D eigenvalue weighted by Gasteiger charge is 2.01. The van der Waals surface area contributed by atoms with Crippen molar-refractivity contribution in [3.63, 3.8) is 0 Å². The van der Waals surface area contributed by atoms with E-state index >= 15 is 0 Å². The molecule has 0 aromatic heterocycles. The molecule has 0 atom stereocenters. The fourth-order valence-corrected chi connectivity index (χ4v) is 6.06. The molecule has 0 aliphatic carbocycles. The second-order valence-electron chi connectivity index (χ2n) is 13.4. The van der Waals surface area contributed by atoms with Crippen molar-refractivity contribution >= 4 is 5.97 Å². The number of unbranched alkanes of at least 4 members (excludes halogenated alkanes) is 32. The molecule has 0 heterocycles. The zero-order valence-electron chi connectivity index (χ0n) is 29.2. The maximum atomic E-state index is 11.9. The summed E-state index contributed by atoms with van der Waals surface area (Å²) in [5, 5.41) is 0. The highest BCUT2D eigenvalue weighted by atomic mass is 16.5. The lowest BCUT2D eigenvalue weighted by atomic mass is 10.0. The van der Waals surface area contributed by atoms with Crippen molar-refractivity contribution in [2.75, 3.05) is 0 Å². The van der Waals surface area contributed by atoms with Gasteiger partial charge < -0.3 is 4.74 Å². The van der Waals surface area contributed by atoms with Crippen LogP contribution in [0.1, 0.15) is 239 Å². The van der Waals surface area contributed by atoms with Gasteiger partial charge in [0.15, 0.2) is 0 Å². The molecule has 0 N–H and O–H groups in total. The van der Waals surface area contributed by atoms with Gasteiger partial charge in [0.1, 0.15) is 0 Å². The molecule has 0 saturated heterocycles. The van der Waals surface area contributed by atoms with Crippen LogP contribution in [0.2, 0.25) is 0 Å². The fraction of sp³-hybridized carbons (Fsp3) is 0.925. The molecule has 0 fully saturated rings. The molecule has 0 saturated carbocycles. The second kappa shape index (κ2) is 38.2. The first-order valence-electron chi connectivity index (χ1n) is 19.7. The lowest BCUT2D eigenvalue weighted by molar-refractivity contribution is -0.138. The van der Waals surface area contributed by atoms with Crippen molar-refractivity contribution in [3.8, 4) is 0 Å². The molecular formula is C40H78O2. The summed E-state index contributed by atoms with van der Waals surface area (Å²) < 4.78 is 5.28. The van der Waals surface area contributed by atoms with Crippen LogP contribution in [0.5, 0.6) is 0 Å². The second-order valence-corrected chi connectivity index (χ2v) is 13.4. The van der Waals surface area contributed by atoms with Crippen LogP contribution in [-0.2, 0) is 9.53 Å². The smallest absolute Gasteiger partial charge is 0.310 e. The zero-order chi connectivity index (χ0) is 30.4. The number of allylic oxidation sites excluding steroid dienone is 1. The van der Waals surface area contributed by atoms with Crippen molar-refractivity contribution < 1.29 is 9.53 Å². The molecule has 2 nitrogen and oxygen atoms in total. The molecule has 0 rings (SSSR count). The van der Waals surface area contributed by atoms with Gasteiger partial charge in [0.25, 0.3) is 0 Å². The van der Waals surface area contributed by atoms with E-state index in [1.807, 2.05) is 6.08 Å². The monoisotopic (exact) mass is 591 g/mol. The van der Waals surface area contributed by atoms with Gasteiger partial charge in [0.2, 0.25) is 0 Å². The summed E-state index contributed by atoms with van der Waals surface area (Å²) in [6.45, 7) is 4.58. The highest BCUT2D eigenvalue weighted by molar-refractivity contribution is 5.69. The van der Waals surface area contributed by atoms with Crippen LogP contribution in [0.25, 0.3) is 0 Å². The van der Waals surface area contributed by atoms with Gasteiger partial charge in [-0.2, -0.15) is 0 Å². The summed E-state index contributed by atoms with van der Waals surface area (Å²) >= 11 is 0. The van der Waals surface area contributed by atoms with Crippen LogP contribution in [-0.4, -0.2) is 5.97 Å². The van der Waals surface area contributed by atoms with E-state index in [4.69, 9.17) is 4.74 Å². The first kappa shape index (κ1) is 41.2. The predicted octanol–water partition coefficient (Wildman–Crippen LogP) is 14.7. The van der Waals surface area contributed by atoms with E-state index in [1.165, 1.54) is 199 Å². The Bertz CT molecular complexity index is 526. The normalized spacial score (nSPS) is 11.6. The molecule has 0 radical (unpaired) electrons. The minimum Gasteiger partial charge on any atom is -0.435 e. The third kappa shape index (κ3) is 37.2. The van der Waals surface area contributed by atoms with Gasteiger partial charge in [-0.05, 0) is 25.3 Å². The number of ether oxygens (including phenoxy) is 1. The van der Waals surface area contributed by atoms with Crippen molar-refractivity contribution in [1.29, 1.82) is 0 Å². The number of rotatable bonds is 36. The van der Waals surface area contributed by atoms with Gasteiger partial charge in [0.05, 0.1) is 6.26 Å². The Labute approximate surface area is 266 Å². The summed E-state index contributed by atoms with van der Waals surface area (Å²) in [6, 6.07) is 0. The topological polar surface area (TPSA) is 26.3 Å². The number of esters is 1. The number of carbonyl (C=O) groups is 1.